The normalized spacial score (nSPS) is 11.0. The first-order valence-electron chi connectivity index (χ1n) is 9.37. The van der Waals surface area contributed by atoms with E-state index in [1.54, 1.807) is 12.3 Å². The largest absolute Gasteiger partial charge is 0.321 e. The highest BCUT2D eigenvalue weighted by atomic mass is 35.5. The molecule has 0 atom stereocenters. The lowest BCUT2D eigenvalue weighted by atomic mass is 10.0. The average molecular weight is 447 g/mol. The van der Waals surface area contributed by atoms with Crippen molar-refractivity contribution in [2.45, 2.75) is 6.92 Å². The van der Waals surface area contributed by atoms with Crippen molar-refractivity contribution in [1.82, 2.24) is 25.0 Å². The highest BCUT2D eigenvalue weighted by Crippen LogP contribution is 2.36. The number of thiophene rings is 1. The summed E-state index contributed by atoms with van der Waals surface area (Å²) in [5.41, 5.74) is 4.00. The standard InChI is InChI=1S/C22H15ClN6OS/c1-13-17(12-31-20(13)16-4-2-6-19-15(16)5-3-7-24-19)22(30)28-14-10-18(23)21(25-11-14)29-26-8-9-27-29/h2-12H,1H3,(H,28,30). The Balaban J connectivity index is 1.44. The number of aromatic nitrogens is 5. The van der Waals surface area contributed by atoms with Gasteiger partial charge in [0.05, 0.1) is 40.4 Å². The number of halogens is 1. The van der Waals surface area contributed by atoms with Crippen molar-refractivity contribution in [3.8, 4) is 16.3 Å². The van der Waals surface area contributed by atoms with Crippen molar-refractivity contribution < 1.29 is 4.79 Å². The minimum atomic E-state index is -0.221. The number of amides is 1. The smallest absolute Gasteiger partial charge is 0.256 e. The summed E-state index contributed by atoms with van der Waals surface area (Å²) >= 11 is 7.84. The summed E-state index contributed by atoms with van der Waals surface area (Å²) in [6, 6.07) is 11.6. The molecule has 152 valence electrons. The van der Waals surface area contributed by atoms with Crippen LogP contribution in [0.2, 0.25) is 5.02 Å². The molecular formula is C22H15ClN6OS. The van der Waals surface area contributed by atoms with E-state index < -0.39 is 0 Å². The van der Waals surface area contributed by atoms with Crippen molar-refractivity contribution in [3.63, 3.8) is 0 Å². The second kappa shape index (κ2) is 7.90. The van der Waals surface area contributed by atoms with E-state index in [2.05, 4.69) is 31.5 Å². The van der Waals surface area contributed by atoms with E-state index in [9.17, 15) is 4.79 Å². The van der Waals surface area contributed by atoms with Gasteiger partial charge in [0.25, 0.3) is 5.91 Å². The van der Waals surface area contributed by atoms with E-state index in [4.69, 9.17) is 11.6 Å². The molecule has 1 N–H and O–H groups in total. The fourth-order valence-corrected chi connectivity index (χ4v) is 4.73. The van der Waals surface area contributed by atoms with Crippen molar-refractivity contribution in [2.24, 2.45) is 0 Å². The molecule has 0 bridgehead atoms. The molecule has 0 unspecified atom stereocenters. The summed E-state index contributed by atoms with van der Waals surface area (Å²) in [5.74, 6) is 0.171. The highest BCUT2D eigenvalue weighted by Gasteiger charge is 2.18. The zero-order valence-electron chi connectivity index (χ0n) is 16.3. The summed E-state index contributed by atoms with van der Waals surface area (Å²) < 4.78 is 0. The number of pyridine rings is 2. The number of rotatable bonds is 4. The Morgan fingerprint density at radius 2 is 1.94 bits per heavy atom. The van der Waals surface area contributed by atoms with Crippen LogP contribution in [0.25, 0.3) is 27.2 Å². The minimum absolute atomic E-state index is 0.221. The topological polar surface area (TPSA) is 85.6 Å². The van der Waals surface area contributed by atoms with Gasteiger partial charge in [0.15, 0.2) is 5.82 Å². The van der Waals surface area contributed by atoms with Gasteiger partial charge < -0.3 is 5.32 Å². The number of carbonyl (C=O) groups is 1. The van der Waals surface area contributed by atoms with Crippen LogP contribution in [0.3, 0.4) is 0 Å². The van der Waals surface area contributed by atoms with Crippen molar-refractivity contribution >= 4 is 45.4 Å². The van der Waals surface area contributed by atoms with Crippen LogP contribution in [-0.4, -0.2) is 30.9 Å². The Morgan fingerprint density at radius 1 is 1.10 bits per heavy atom. The molecule has 31 heavy (non-hydrogen) atoms. The molecular weight excluding hydrogens is 432 g/mol. The molecule has 5 aromatic rings. The number of carbonyl (C=O) groups excluding carboxylic acids is 1. The van der Waals surface area contributed by atoms with Gasteiger partial charge in [-0.25, -0.2) is 4.98 Å². The average Bonchev–Trinajstić information content (AvgIpc) is 3.43. The number of benzene rings is 1. The van der Waals surface area contributed by atoms with E-state index in [1.165, 1.54) is 34.7 Å². The Hall–Kier alpha value is -3.62. The summed E-state index contributed by atoms with van der Waals surface area (Å²) in [4.78, 5) is 24.0. The van der Waals surface area contributed by atoms with Gasteiger partial charge in [-0.05, 0) is 30.7 Å². The van der Waals surface area contributed by atoms with Gasteiger partial charge in [0.1, 0.15) is 0 Å². The van der Waals surface area contributed by atoms with Gasteiger partial charge >= 0.3 is 0 Å². The summed E-state index contributed by atoms with van der Waals surface area (Å²) in [6.45, 7) is 1.95. The zero-order chi connectivity index (χ0) is 21.4. The van der Waals surface area contributed by atoms with Crippen LogP contribution in [0.5, 0.6) is 0 Å². The molecule has 1 aromatic carbocycles. The molecule has 0 aliphatic carbocycles. The lowest BCUT2D eigenvalue weighted by molar-refractivity contribution is 0.102. The Labute approximate surface area is 186 Å². The maximum absolute atomic E-state index is 13.0. The van der Waals surface area contributed by atoms with Crippen LogP contribution in [-0.2, 0) is 0 Å². The second-order valence-electron chi connectivity index (χ2n) is 6.78. The molecule has 0 aliphatic rings. The Kier molecular flexibility index (Phi) is 4.93. The third-order valence-electron chi connectivity index (χ3n) is 4.86. The van der Waals surface area contributed by atoms with Gasteiger partial charge in [-0.3, -0.25) is 9.78 Å². The molecule has 4 aromatic heterocycles. The zero-order valence-corrected chi connectivity index (χ0v) is 17.9. The van der Waals surface area contributed by atoms with Crippen molar-refractivity contribution in [1.29, 1.82) is 0 Å². The van der Waals surface area contributed by atoms with Gasteiger partial charge in [-0.15, -0.1) is 16.1 Å². The van der Waals surface area contributed by atoms with E-state index >= 15 is 0 Å². The summed E-state index contributed by atoms with van der Waals surface area (Å²) in [5, 5.41) is 14.2. The third kappa shape index (κ3) is 3.56. The quantitative estimate of drug-likeness (QED) is 0.412. The van der Waals surface area contributed by atoms with Crippen LogP contribution in [0, 0.1) is 6.92 Å². The van der Waals surface area contributed by atoms with Crippen LogP contribution in [0.1, 0.15) is 15.9 Å². The van der Waals surface area contributed by atoms with E-state index in [0.29, 0.717) is 22.1 Å². The SMILES string of the molecule is Cc1c(C(=O)Nc2cnc(-n3nccn3)c(Cl)c2)csc1-c1cccc2ncccc12. The van der Waals surface area contributed by atoms with Gasteiger partial charge in [-0.1, -0.05) is 29.8 Å². The first kappa shape index (κ1) is 19.3. The van der Waals surface area contributed by atoms with Gasteiger partial charge in [0.2, 0.25) is 0 Å². The van der Waals surface area contributed by atoms with E-state index in [1.807, 2.05) is 36.6 Å². The maximum Gasteiger partial charge on any atom is 0.256 e. The van der Waals surface area contributed by atoms with Crippen molar-refractivity contribution in [2.75, 3.05) is 5.32 Å². The molecule has 5 rings (SSSR count). The van der Waals surface area contributed by atoms with Crippen LogP contribution in [0.4, 0.5) is 5.69 Å². The third-order valence-corrected chi connectivity index (χ3v) is 6.26. The lowest BCUT2D eigenvalue weighted by Crippen LogP contribution is -2.13. The number of nitrogens with zero attached hydrogens (tertiary/aromatic N) is 5. The molecule has 0 saturated carbocycles. The lowest BCUT2D eigenvalue weighted by Gasteiger charge is -2.08. The first-order valence-corrected chi connectivity index (χ1v) is 10.6. The molecule has 1 amide bonds. The van der Waals surface area contributed by atoms with Gasteiger partial charge in [0, 0.05) is 27.4 Å². The number of fused-ring (bicyclic) bond motifs is 1. The molecule has 9 heteroatoms. The predicted molar refractivity (Wildman–Crippen MR) is 122 cm³/mol. The van der Waals surface area contributed by atoms with E-state index in [0.717, 1.165) is 26.9 Å². The second-order valence-corrected chi connectivity index (χ2v) is 8.07. The van der Waals surface area contributed by atoms with Crippen LogP contribution < -0.4 is 5.32 Å². The Morgan fingerprint density at radius 3 is 2.74 bits per heavy atom. The number of hydrogen-bond acceptors (Lipinski definition) is 6. The van der Waals surface area contributed by atoms with Crippen LogP contribution >= 0.6 is 22.9 Å². The number of anilines is 1. The predicted octanol–water partition coefficient (Wildman–Crippen LogP) is 5.15. The summed E-state index contributed by atoms with van der Waals surface area (Å²) in [6.07, 6.45) is 6.38. The molecule has 0 fully saturated rings. The Bertz CT molecular complexity index is 1410. The van der Waals surface area contributed by atoms with E-state index in [-0.39, 0.29) is 5.91 Å². The molecule has 0 radical (unpaired) electrons. The number of hydrogen-bond donors (Lipinski definition) is 1. The van der Waals surface area contributed by atoms with Crippen LogP contribution in [0.15, 0.2) is 66.6 Å². The monoisotopic (exact) mass is 446 g/mol. The van der Waals surface area contributed by atoms with Gasteiger partial charge in [-0.2, -0.15) is 10.2 Å². The molecule has 0 aliphatic heterocycles. The maximum atomic E-state index is 13.0. The molecule has 0 saturated heterocycles. The number of nitrogens with one attached hydrogen (secondary N) is 1. The van der Waals surface area contributed by atoms with Crippen molar-refractivity contribution in [3.05, 3.63) is 82.7 Å². The molecule has 7 nitrogen and oxygen atoms in total. The first-order chi connectivity index (χ1) is 15.1. The fraction of sp³-hybridized carbons (Fsp3) is 0.0455. The minimum Gasteiger partial charge on any atom is -0.321 e. The molecule has 4 heterocycles. The molecule has 0 spiro atoms. The highest BCUT2D eigenvalue weighted by molar-refractivity contribution is 7.14. The fourth-order valence-electron chi connectivity index (χ4n) is 3.38. The summed E-state index contributed by atoms with van der Waals surface area (Å²) in [7, 11) is 0.